The Hall–Kier alpha value is 0.819. The van der Waals surface area contributed by atoms with Gasteiger partial charge in [-0.05, 0) is 37.3 Å². The Balaban J connectivity index is 0. The number of aryl methyl sites for hydroxylation is 1. The number of nitrogens with zero attached hydrogens (tertiary/aromatic N) is 3. The molecule has 20 heteroatoms. The number of fused-ring (bicyclic) bond motifs is 1. The normalized spacial score (nSPS) is 11.2. The minimum atomic E-state index is -5.02. The zero-order valence-electron chi connectivity index (χ0n) is 19.0. The number of phenolic OH excluding ortho intramolecular Hbond substituents is 1. The van der Waals surface area contributed by atoms with Crippen LogP contribution in [-0.4, -0.2) is 36.0 Å². The third kappa shape index (κ3) is 9.48. The third-order valence-corrected chi connectivity index (χ3v) is 6.39. The minimum Gasteiger partial charge on any atom is -0.744 e. The second-order valence-electron chi connectivity index (χ2n) is 6.04. The maximum atomic E-state index is 11.7. The second-order valence-corrected chi connectivity index (χ2v) is 9.51. The van der Waals surface area contributed by atoms with Crippen LogP contribution in [0.2, 0.25) is 0 Å². The fraction of sp³-hybridized carbons (Fsp3) is 0.0625. The van der Waals surface area contributed by atoms with Gasteiger partial charge in [-0.3, -0.25) is 10.0 Å². The van der Waals surface area contributed by atoms with E-state index < -0.39 is 46.4 Å². The predicted octanol–water partition coefficient (Wildman–Crippen LogP) is -7.29. The van der Waals surface area contributed by atoms with E-state index in [9.17, 15) is 36.3 Å². The molecule has 0 atom stereocenters. The Morgan fingerprint density at radius 1 is 1.00 bits per heavy atom. The molecule has 0 fully saturated rings. The molecule has 0 aliphatic carbocycles. The predicted molar refractivity (Wildman–Crippen MR) is 103 cm³/mol. The van der Waals surface area contributed by atoms with E-state index in [2.05, 4.69) is 24.6 Å². The summed E-state index contributed by atoms with van der Waals surface area (Å²) >= 11 is 0.104. The molecular weight excluding hydrogens is 623 g/mol. The van der Waals surface area contributed by atoms with Gasteiger partial charge in [-0.2, -0.15) is 9.45 Å². The van der Waals surface area contributed by atoms with Gasteiger partial charge in [0, 0.05) is 34.2 Å². The summed E-state index contributed by atoms with van der Waals surface area (Å²) in [6, 6.07) is 5.19. The van der Waals surface area contributed by atoms with Gasteiger partial charge in [0.05, 0.1) is 37.9 Å². The van der Waals surface area contributed by atoms with Crippen LogP contribution in [0, 0.1) is 6.92 Å². The molecule has 1 heterocycles. The Bertz CT molecular complexity index is 1460. The summed E-state index contributed by atoms with van der Waals surface area (Å²) in [5.74, 6) is -0.726. The topological polar surface area (TPSA) is 214 Å². The quantitative estimate of drug-likeness (QED) is 0.0642. The van der Waals surface area contributed by atoms with Gasteiger partial charge in [0.2, 0.25) is 0 Å². The van der Waals surface area contributed by atoms with Crippen molar-refractivity contribution in [1.29, 1.82) is 0 Å². The smallest absolute Gasteiger partial charge is 0.744 e. The Morgan fingerprint density at radius 2 is 1.61 bits per heavy atom. The van der Waals surface area contributed by atoms with E-state index in [-0.39, 0.29) is 134 Å². The van der Waals surface area contributed by atoms with Crippen molar-refractivity contribution < 1.29 is 151 Å². The molecule has 1 N–H and O–H groups in total. The fourth-order valence-electron chi connectivity index (χ4n) is 2.66. The fourth-order valence-corrected chi connectivity index (χ4v) is 4.40. The van der Waals surface area contributed by atoms with Gasteiger partial charge >= 0.3 is 88.7 Å². The van der Waals surface area contributed by atoms with E-state index in [0.29, 0.717) is 17.7 Å². The maximum Gasteiger partial charge on any atom is 1.00 e. The molecule has 3 aromatic rings. The van der Waals surface area contributed by atoms with Crippen LogP contribution >= 0.6 is 12.0 Å². The number of hydrogen-bond acceptors (Lipinski definition) is 14. The molecule has 36 heavy (non-hydrogen) atoms. The monoisotopic (exact) mass is 632 g/mol. The van der Waals surface area contributed by atoms with Crippen molar-refractivity contribution in [3.05, 3.63) is 42.1 Å². The summed E-state index contributed by atoms with van der Waals surface area (Å²) < 4.78 is 73.3. The van der Waals surface area contributed by atoms with Gasteiger partial charge in [-0.15, -0.1) is 5.11 Å². The average molecular weight is 633 g/mol. The van der Waals surface area contributed by atoms with Gasteiger partial charge in [-0.1, -0.05) is 0 Å². The van der Waals surface area contributed by atoms with Crippen molar-refractivity contribution >= 4 is 54.6 Å². The first-order valence-electron chi connectivity index (χ1n) is 8.15. The molecule has 13 nitrogen and oxygen atoms in total. The molecule has 0 unspecified atom stereocenters. The summed E-state index contributed by atoms with van der Waals surface area (Å²) in [6.45, 7) is 1.52. The van der Waals surface area contributed by atoms with Crippen LogP contribution in [0.4, 0.5) is 11.4 Å². The number of azo groups is 1. The van der Waals surface area contributed by atoms with Crippen LogP contribution in [0.3, 0.4) is 0 Å². The number of pyridine rings is 1. The van der Waals surface area contributed by atoms with Gasteiger partial charge in [0.1, 0.15) is 25.9 Å². The van der Waals surface area contributed by atoms with Crippen LogP contribution in [0.15, 0.2) is 61.4 Å². The first-order chi connectivity index (χ1) is 14.9. The summed E-state index contributed by atoms with van der Waals surface area (Å²) in [5, 5.41) is 30.9. The number of aromatic nitrogens is 1. The molecular formula is C16H10CuN3Na3O10S3. The molecule has 0 bridgehead atoms. The van der Waals surface area contributed by atoms with E-state index >= 15 is 0 Å². The molecule has 0 saturated carbocycles. The van der Waals surface area contributed by atoms with E-state index in [0.717, 1.165) is 6.07 Å². The molecule has 1 aromatic heterocycles. The first-order valence-corrected chi connectivity index (χ1v) is 11.7. The Morgan fingerprint density at radius 3 is 2.17 bits per heavy atom. The van der Waals surface area contributed by atoms with Crippen LogP contribution < -0.4 is 93.9 Å². The first kappa shape index (κ1) is 39.0. The number of benzene rings is 2. The Labute approximate surface area is 286 Å². The summed E-state index contributed by atoms with van der Waals surface area (Å²) in [7, 11) is -9.94. The third-order valence-electron chi connectivity index (χ3n) is 4.08. The molecule has 0 aliphatic rings. The van der Waals surface area contributed by atoms with E-state index in [1.807, 2.05) is 0 Å². The molecule has 1 radical (unpaired) electrons. The van der Waals surface area contributed by atoms with Crippen molar-refractivity contribution in [3.8, 4) is 5.75 Å². The zero-order valence-corrected chi connectivity index (χ0v) is 28.3. The van der Waals surface area contributed by atoms with Crippen molar-refractivity contribution in [2.45, 2.75) is 21.6 Å². The van der Waals surface area contributed by atoms with Crippen molar-refractivity contribution in [1.82, 2.24) is 4.98 Å². The number of hydrogen-bond donors (Lipinski definition) is 1. The second kappa shape index (κ2) is 16.2. The van der Waals surface area contributed by atoms with Gasteiger partial charge < -0.3 is 19.5 Å². The van der Waals surface area contributed by atoms with E-state index in [1.165, 1.54) is 25.3 Å². The van der Waals surface area contributed by atoms with Crippen LogP contribution in [0.25, 0.3) is 10.9 Å². The van der Waals surface area contributed by atoms with Crippen molar-refractivity contribution in [3.63, 3.8) is 0 Å². The van der Waals surface area contributed by atoms with E-state index in [1.54, 1.807) is 0 Å². The minimum absolute atomic E-state index is 0. The van der Waals surface area contributed by atoms with Crippen LogP contribution in [-0.2, 0) is 46.7 Å². The largest absolute Gasteiger partial charge is 1.00 e. The number of aromatic hydroxyl groups is 1. The SMILES string of the molecule is Cc1c(N=Nc2cc(S(=O)(=O)[O-])cc(SOO[O-])c2O)cc(S(=O)(=O)[O-])c2cccnc12.[Cu].[Na+].[Na+].[Na+]. The molecule has 2 aromatic carbocycles. The van der Waals surface area contributed by atoms with Gasteiger partial charge in [-0.25, -0.2) is 16.8 Å². The molecule has 0 aliphatic heterocycles. The van der Waals surface area contributed by atoms with Crippen molar-refractivity contribution in [2.24, 2.45) is 10.2 Å². The zero-order chi connectivity index (χ0) is 23.7. The summed E-state index contributed by atoms with van der Waals surface area (Å²) in [4.78, 5) is 2.19. The summed E-state index contributed by atoms with van der Waals surface area (Å²) in [5.41, 5.74) is -0.197. The van der Waals surface area contributed by atoms with Gasteiger partial charge in [0.15, 0.2) is 5.75 Å². The molecule has 0 spiro atoms. The van der Waals surface area contributed by atoms with Gasteiger partial charge in [0.25, 0.3) is 0 Å². The molecule has 0 amide bonds. The molecule has 3 rings (SSSR count). The van der Waals surface area contributed by atoms with Crippen LogP contribution in [0.5, 0.6) is 5.75 Å². The molecule has 0 saturated heterocycles. The van der Waals surface area contributed by atoms with Crippen molar-refractivity contribution in [2.75, 3.05) is 0 Å². The van der Waals surface area contributed by atoms with E-state index in [4.69, 9.17) is 0 Å². The maximum absolute atomic E-state index is 11.7. The molecule has 181 valence electrons. The summed E-state index contributed by atoms with van der Waals surface area (Å²) in [6.07, 6.45) is 1.37. The van der Waals surface area contributed by atoms with Crippen LogP contribution in [0.1, 0.15) is 5.56 Å². The Kier molecular flexibility index (Phi) is 17.5. The standard InChI is InChI=1S/C16H13N3O10S3.Cu.3Na/c1-8-11(7-14(32(25,26)27)10-3-2-4-17-15(8)10)18-19-12-5-9(31(22,23)24)6-13(16(12)20)30-29-28-21;;;;/h2-7,20-21H,1H3,(H,22,23,24)(H,25,26,27);;;;/q;;3*+1/p-3. The average Bonchev–Trinajstić information content (AvgIpc) is 2.71. The number of phenols is 1. The number of rotatable bonds is 7.